The van der Waals surface area contributed by atoms with Crippen LogP contribution in [0.3, 0.4) is 0 Å². The van der Waals surface area contributed by atoms with Crippen LogP contribution in [0.5, 0.6) is 5.75 Å². The number of nitrogens with zero attached hydrogens (tertiary/aromatic N) is 5. The molecule has 9 nitrogen and oxygen atoms in total. The summed E-state index contributed by atoms with van der Waals surface area (Å²) in [5.41, 5.74) is 2.88. The van der Waals surface area contributed by atoms with E-state index in [2.05, 4.69) is 31.0 Å². The van der Waals surface area contributed by atoms with Gasteiger partial charge in [-0.15, -0.1) is 0 Å². The van der Waals surface area contributed by atoms with Crippen LogP contribution in [0.25, 0.3) is 11.3 Å². The number of rotatable bonds is 3. The first-order valence-electron chi connectivity index (χ1n) is 8.73. The van der Waals surface area contributed by atoms with Crippen molar-refractivity contribution in [3.8, 4) is 17.0 Å². The van der Waals surface area contributed by atoms with E-state index in [9.17, 15) is 4.79 Å². The summed E-state index contributed by atoms with van der Waals surface area (Å²) in [6.45, 7) is 0. The predicted octanol–water partition coefficient (Wildman–Crippen LogP) is 2.78. The molecule has 0 aliphatic carbocycles. The Hall–Kier alpha value is -3.72. The molecular formula is C19H14ClN7O2. The molecule has 1 aliphatic heterocycles. The number of tetrazole rings is 1. The van der Waals surface area contributed by atoms with Crippen LogP contribution in [0.15, 0.2) is 53.3 Å². The number of methoxy groups -OCH3 is 1. The average Bonchev–Trinajstić information content (AvgIpc) is 3.22. The Labute approximate surface area is 169 Å². The zero-order valence-corrected chi connectivity index (χ0v) is 15.9. The van der Waals surface area contributed by atoms with Gasteiger partial charge in [0.15, 0.2) is 0 Å². The molecule has 0 unspecified atom stereocenters. The number of hydrogen-bond acceptors (Lipinski definition) is 7. The van der Waals surface area contributed by atoms with Gasteiger partial charge in [0, 0.05) is 16.1 Å². The van der Waals surface area contributed by atoms with Crippen LogP contribution in [-0.2, 0) is 0 Å². The lowest BCUT2D eigenvalue weighted by Crippen LogP contribution is -2.29. The molecule has 2 N–H and O–H groups in total. The normalized spacial score (nSPS) is 14.6. The largest absolute Gasteiger partial charge is 0.497 e. The van der Waals surface area contributed by atoms with Crippen LogP contribution in [-0.4, -0.2) is 37.5 Å². The van der Waals surface area contributed by atoms with E-state index in [0.717, 1.165) is 11.1 Å². The first-order chi connectivity index (χ1) is 14.2. The minimum atomic E-state index is -0.468. The fourth-order valence-corrected chi connectivity index (χ4v) is 3.61. The molecule has 0 fully saturated rings. The Morgan fingerprint density at radius 2 is 2.00 bits per heavy atom. The fraction of sp³-hybridized carbons (Fsp3) is 0.105. The molecule has 2 aromatic heterocycles. The number of hydrogen-bond donors (Lipinski definition) is 2. The summed E-state index contributed by atoms with van der Waals surface area (Å²) < 4.78 is 6.97. The van der Waals surface area contributed by atoms with Crippen LogP contribution in [0.2, 0.25) is 5.02 Å². The van der Waals surface area contributed by atoms with Crippen molar-refractivity contribution in [1.82, 2.24) is 30.4 Å². The molecule has 1 atom stereocenters. The third kappa shape index (κ3) is 2.83. The second-order valence-corrected chi connectivity index (χ2v) is 6.88. The zero-order chi connectivity index (χ0) is 20.0. The predicted molar refractivity (Wildman–Crippen MR) is 107 cm³/mol. The molecule has 0 radical (unpaired) electrons. The maximum Gasteiger partial charge on any atom is 0.288 e. The number of anilines is 2. The first-order valence-corrected chi connectivity index (χ1v) is 9.11. The van der Waals surface area contributed by atoms with Gasteiger partial charge in [-0.2, -0.15) is 9.78 Å². The Morgan fingerprint density at radius 1 is 1.17 bits per heavy atom. The number of aromatic amines is 1. The van der Waals surface area contributed by atoms with E-state index in [0.29, 0.717) is 33.7 Å². The highest BCUT2D eigenvalue weighted by Gasteiger charge is 2.34. The molecule has 0 spiro atoms. The van der Waals surface area contributed by atoms with E-state index in [1.807, 2.05) is 36.4 Å². The van der Waals surface area contributed by atoms with Gasteiger partial charge in [0.05, 0.1) is 12.8 Å². The van der Waals surface area contributed by atoms with Crippen molar-refractivity contribution in [2.45, 2.75) is 6.04 Å². The summed E-state index contributed by atoms with van der Waals surface area (Å²) >= 11 is 6.07. The Kier molecular flexibility index (Phi) is 4.02. The number of fused-ring (bicyclic) bond motifs is 2. The SMILES string of the molecule is COc1cccc(-c2n[nH]c(=O)c3c2[C@@H](c2ccc(Cl)cc2)n2nnnc2N3)c1. The monoisotopic (exact) mass is 407 g/mol. The second kappa shape index (κ2) is 6.71. The average molecular weight is 408 g/mol. The molecule has 0 saturated carbocycles. The molecular weight excluding hydrogens is 394 g/mol. The van der Waals surface area contributed by atoms with Gasteiger partial charge in [0.2, 0.25) is 5.95 Å². The number of H-pyrrole nitrogens is 1. The molecule has 144 valence electrons. The number of ether oxygens (including phenoxy) is 1. The Balaban J connectivity index is 1.80. The summed E-state index contributed by atoms with van der Waals surface area (Å²) in [6.07, 6.45) is 0. The lowest BCUT2D eigenvalue weighted by atomic mass is 9.92. The number of nitrogens with one attached hydrogen (secondary N) is 2. The van der Waals surface area contributed by atoms with Gasteiger partial charge in [-0.3, -0.25) is 4.79 Å². The molecule has 10 heteroatoms. The standard InChI is InChI=1S/C19H14ClN7O2/c1-29-13-4-2-3-11(9-13)15-14-16(18(28)23-22-15)21-19-24-25-26-27(19)17(14)10-5-7-12(20)8-6-10/h2-9,17H,1H3,(H,23,28)(H,21,24,26)/t17-/m1/s1. The summed E-state index contributed by atoms with van der Waals surface area (Å²) in [4.78, 5) is 12.6. The van der Waals surface area contributed by atoms with Gasteiger partial charge in [-0.1, -0.05) is 41.0 Å². The molecule has 0 amide bonds. The van der Waals surface area contributed by atoms with Crippen LogP contribution in [0, 0.1) is 0 Å². The minimum Gasteiger partial charge on any atom is -0.497 e. The molecule has 2 aromatic carbocycles. The topological polar surface area (TPSA) is 111 Å². The van der Waals surface area contributed by atoms with E-state index in [1.54, 1.807) is 23.9 Å². The van der Waals surface area contributed by atoms with Crippen molar-refractivity contribution in [3.63, 3.8) is 0 Å². The zero-order valence-electron chi connectivity index (χ0n) is 15.1. The highest BCUT2D eigenvalue weighted by Crippen LogP contribution is 2.41. The van der Waals surface area contributed by atoms with E-state index < -0.39 is 6.04 Å². The molecule has 0 bridgehead atoms. The fourth-order valence-electron chi connectivity index (χ4n) is 3.48. The third-order valence-corrected chi connectivity index (χ3v) is 5.05. The molecule has 0 saturated heterocycles. The van der Waals surface area contributed by atoms with Crippen molar-refractivity contribution >= 4 is 23.2 Å². The van der Waals surface area contributed by atoms with Gasteiger partial charge in [0.1, 0.15) is 17.5 Å². The molecule has 1 aliphatic rings. The summed E-state index contributed by atoms with van der Waals surface area (Å²) in [5.74, 6) is 1.05. The lowest BCUT2D eigenvalue weighted by Gasteiger charge is -2.27. The number of halogens is 1. The van der Waals surface area contributed by atoms with Crippen molar-refractivity contribution in [3.05, 3.63) is 75.0 Å². The maximum atomic E-state index is 12.6. The highest BCUT2D eigenvalue weighted by atomic mass is 35.5. The summed E-state index contributed by atoms with van der Waals surface area (Å²) in [7, 11) is 1.60. The minimum absolute atomic E-state index is 0.347. The van der Waals surface area contributed by atoms with E-state index in [-0.39, 0.29) is 5.56 Å². The molecule has 3 heterocycles. The molecule has 5 rings (SSSR count). The van der Waals surface area contributed by atoms with Crippen molar-refractivity contribution < 1.29 is 4.74 Å². The lowest BCUT2D eigenvalue weighted by molar-refractivity contribution is 0.415. The van der Waals surface area contributed by atoms with E-state index >= 15 is 0 Å². The first kappa shape index (κ1) is 17.4. The van der Waals surface area contributed by atoms with Crippen molar-refractivity contribution in [2.24, 2.45) is 0 Å². The van der Waals surface area contributed by atoms with Crippen LogP contribution in [0.1, 0.15) is 17.2 Å². The van der Waals surface area contributed by atoms with E-state index in [1.165, 1.54) is 0 Å². The van der Waals surface area contributed by atoms with Crippen molar-refractivity contribution in [1.29, 1.82) is 0 Å². The van der Waals surface area contributed by atoms with E-state index in [4.69, 9.17) is 16.3 Å². The third-order valence-electron chi connectivity index (χ3n) is 4.80. The van der Waals surface area contributed by atoms with Crippen molar-refractivity contribution in [2.75, 3.05) is 12.4 Å². The van der Waals surface area contributed by atoms with Crippen LogP contribution >= 0.6 is 11.6 Å². The van der Waals surface area contributed by atoms with Gasteiger partial charge in [-0.25, -0.2) is 5.10 Å². The molecule has 4 aromatic rings. The Morgan fingerprint density at radius 3 is 2.79 bits per heavy atom. The highest BCUT2D eigenvalue weighted by molar-refractivity contribution is 6.30. The van der Waals surface area contributed by atoms with Gasteiger partial charge >= 0.3 is 0 Å². The maximum absolute atomic E-state index is 12.6. The smallest absolute Gasteiger partial charge is 0.288 e. The van der Waals surface area contributed by atoms with Crippen LogP contribution < -0.4 is 15.6 Å². The van der Waals surface area contributed by atoms with Gasteiger partial charge < -0.3 is 10.1 Å². The second-order valence-electron chi connectivity index (χ2n) is 6.45. The molecule has 29 heavy (non-hydrogen) atoms. The van der Waals surface area contributed by atoms with Gasteiger partial charge in [-0.05, 0) is 40.3 Å². The van der Waals surface area contributed by atoms with Gasteiger partial charge in [0.25, 0.3) is 5.56 Å². The summed E-state index contributed by atoms with van der Waals surface area (Å²) in [5, 5.41) is 22.4. The quantitative estimate of drug-likeness (QED) is 0.473. The number of benzene rings is 2. The summed E-state index contributed by atoms with van der Waals surface area (Å²) in [6, 6.07) is 14.3. The van der Waals surface area contributed by atoms with Crippen LogP contribution in [0.4, 0.5) is 11.6 Å². The number of aromatic nitrogens is 6. The Bertz CT molecular complexity index is 1270.